The fourth-order valence-electron chi connectivity index (χ4n) is 4.43. The van der Waals surface area contributed by atoms with E-state index in [9.17, 15) is 4.79 Å². The highest BCUT2D eigenvalue weighted by molar-refractivity contribution is 14.0. The Morgan fingerprint density at radius 2 is 2.10 bits per heavy atom. The van der Waals surface area contributed by atoms with Crippen molar-refractivity contribution in [2.24, 2.45) is 10.4 Å². The number of rotatable bonds is 8. The van der Waals surface area contributed by atoms with Crippen molar-refractivity contribution < 1.29 is 9.53 Å². The summed E-state index contributed by atoms with van der Waals surface area (Å²) < 4.78 is 5.95. The van der Waals surface area contributed by atoms with Crippen LogP contribution in [-0.2, 0) is 11.2 Å². The van der Waals surface area contributed by atoms with Crippen LogP contribution in [-0.4, -0.2) is 50.8 Å². The van der Waals surface area contributed by atoms with Crippen LogP contribution in [0.25, 0.3) is 0 Å². The lowest BCUT2D eigenvalue weighted by Gasteiger charge is -2.61. The summed E-state index contributed by atoms with van der Waals surface area (Å²) in [5.41, 5.74) is 2.13. The van der Waals surface area contributed by atoms with Gasteiger partial charge in [0.05, 0.1) is 6.10 Å². The van der Waals surface area contributed by atoms with Crippen molar-refractivity contribution in [2.45, 2.75) is 58.1 Å². The van der Waals surface area contributed by atoms with E-state index < -0.39 is 0 Å². The van der Waals surface area contributed by atoms with E-state index in [4.69, 9.17) is 9.73 Å². The predicted molar refractivity (Wildman–Crippen MR) is 128 cm³/mol. The third-order valence-corrected chi connectivity index (χ3v) is 6.18. The van der Waals surface area contributed by atoms with Crippen LogP contribution in [0.4, 0.5) is 0 Å². The number of halogens is 1. The number of nitrogens with one attached hydrogen (secondary N) is 3. The topological polar surface area (TPSA) is 74.8 Å². The number of ether oxygens (including phenoxy) is 1. The molecule has 2 unspecified atom stereocenters. The van der Waals surface area contributed by atoms with E-state index >= 15 is 0 Å². The average Bonchev–Trinajstić information content (AvgIpc) is 2.65. The van der Waals surface area contributed by atoms with Gasteiger partial charge in [0, 0.05) is 43.8 Å². The molecule has 2 fully saturated rings. The van der Waals surface area contributed by atoms with Crippen LogP contribution in [0.1, 0.15) is 55.5 Å². The van der Waals surface area contributed by atoms with Gasteiger partial charge in [-0.15, -0.1) is 24.0 Å². The van der Waals surface area contributed by atoms with Gasteiger partial charge in [-0.1, -0.05) is 18.6 Å². The molecule has 7 heteroatoms. The van der Waals surface area contributed by atoms with E-state index in [0.717, 1.165) is 37.5 Å². The fourth-order valence-corrected chi connectivity index (χ4v) is 4.43. The molecule has 0 bridgehead atoms. The maximum Gasteiger partial charge on any atom is 0.251 e. The molecular weight excluding hydrogens is 479 g/mol. The van der Waals surface area contributed by atoms with Crippen LogP contribution in [0.5, 0.6) is 0 Å². The highest BCUT2D eigenvalue weighted by atomic mass is 127. The third-order valence-electron chi connectivity index (χ3n) is 6.18. The van der Waals surface area contributed by atoms with Crippen molar-refractivity contribution in [3.05, 3.63) is 35.4 Å². The summed E-state index contributed by atoms with van der Waals surface area (Å²) in [4.78, 5) is 16.6. The standard InChI is InChI=1S/C22H34N4O2.HI/c1-4-24-21(26-18-15-19(28-5-2)22(18)11-7-12-22)25-13-10-16-8-6-9-17(14-16)20(27)23-3;/h6,8-9,14,18-19H,4-5,7,10-13,15H2,1-3H3,(H,23,27)(H2,24,25,26);1H. The van der Waals surface area contributed by atoms with Crippen LogP contribution < -0.4 is 16.0 Å². The number of hydrogen-bond acceptors (Lipinski definition) is 3. The van der Waals surface area contributed by atoms with Gasteiger partial charge in [0.2, 0.25) is 0 Å². The van der Waals surface area contributed by atoms with Crippen molar-refractivity contribution in [2.75, 3.05) is 26.7 Å². The number of hydrogen-bond donors (Lipinski definition) is 3. The van der Waals surface area contributed by atoms with Crippen LogP contribution in [0.15, 0.2) is 29.3 Å². The van der Waals surface area contributed by atoms with Gasteiger partial charge in [-0.05, 0) is 57.2 Å². The van der Waals surface area contributed by atoms with Gasteiger partial charge < -0.3 is 20.7 Å². The zero-order valence-corrected chi connectivity index (χ0v) is 20.1. The minimum atomic E-state index is -0.0556. The lowest BCUT2D eigenvalue weighted by atomic mass is 9.51. The summed E-state index contributed by atoms with van der Waals surface area (Å²) in [6.45, 7) is 6.49. The number of carbonyl (C=O) groups is 1. The smallest absolute Gasteiger partial charge is 0.251 e. The quantitative estimate of drug-likeness (QED) is 0.283. The first-order valence-corrected chi connectivity index (χ1v) is 10.6. The molecule has 1 amide bonds. The fraction of sp³-hybridized carbons (Fsp3) is 0.636. The van der Waals surface area contributed by atoms with E-state index in [-0.39, 0.29) is 29.9 Å². The van der Waals surface area contributed by atoms with Gasteiger partial charge >= 0.3 is 0 Å². The molecule has 1 aromatic rings. The molecule has 0 radical (unpaired) electrons. The van der Waals surface area contributed by atoms with E-state index in [0.29, 0.717) is 29.7 Å². The highest BCUT2D eigenvalue weighted by Crippen LogP contribution is 2.57. The summed E-state index contributed by atoms with van der Waals surface area (Å²) in [7, 11) is 1.65. The molecular formula is C22H35IN4O2. The minimum Gasteiger partial charge on any atom is -0.378 e. The molecule has 0 aliphatic heterocycles. The molecule has 0 aromatic heterocycles. The Labute approximate surface area is 191 Å². The molecule has 3 rings (SSSR count). The second-order valence-corrected chi connectivity index (χ2v) is 7.75. The Hall–Kier alpha value is -1.35. The molecule has 2 atom stereocenters. The zero-order chi connectivity index (χ0) is 20.0. The van der Waals surface area contributed by atoms with Crippen LogP contribution in [0.3, 0.4) is 0 Å². The molecule has 2 aliphatic carbocycles. The van der Waals surface area contributed by atoms with Crippen molar-refractivity contribution in [1.82, 2.24) is 16.0 Å². The first-order chi connectivity index (χ1) is 13.6. The van der Waals surface area contributed by atoms with Gasteiger partial charge in [0.15, 0.2) is 5.96 Å². The molecule has 2 saturated carbocycles. The van der Waals surface area contributed by atoms with Gasteiger partial charge in [-0.3, -0.25) is 9.79 Å². The van der Waals surface area contributed by atoms with Crippen molar-refractivity contribution >= 4 is 35.8 Å². The van der Waals surface area contributed by atoms with Crippen LogP contribution in [0, 0.1) is 5.41 Å². The van der Waals surface area contributed by atoms with Crippen molar-refractivity contribution in [3.63, 3.8) is 0 Å². The van der Waals surface area contributed by atoms with Crippen molar-refractivity contribution in [3.8, 4) is 0 Å². The molecule has 6 nitrogen and oxygen atoms in total. The monoisotopic (exact) mass is 514 g/mol. The Balaban J connectivity index is 0.00000300. The van der Waals surface area contributed by atoms with Crippen molar-refractivity contribution in [1.29, 1.82) is 0 Å². The summed E-state index contributed by atoms with van der Waals surface area (Å²) in [5, 5.41) is 9.70. The number of amides is 1. The van der Waals surface area contributed by atoms with Gasteiger partial charge in [0.25, 0.3) is 5.91 Å². The normalized spacial score (nSPS) is 22.1. The van der Waals surface area contributed by atoms with Gasteiger partial charge in [-0.25, -0.2) is 0 Å². The molecule has 1 aromatic carbocycles. The summed E-state index contributed by atoms with van der Waals surface area (Å²) in [5.74, 6) is 0.830. The summed E-state index contributed by atoms with van der Waals surface area (Å²) in [6, 6.07) is 8.20. The second-order valence-electron chi connectivity index (χ2n) is 7.75. The number of benzene rings is 1. The molecule has 3 N–H and O–H groups in total. The number of carbonyl (C=O) groups excluding carboxylic acids is 1. The molecule has 2 aliphatic rings. The Kier molecular flexibility index (Phi) is 9.20. The largest absolute Gasteiger partial charge is 0.378 e. The number of nitrogens with zero attached hydrogens (tertiary/aromatic N) is 1. The van der Waals surface area contributed by atoms with E-state index in [1.807, 2.05) is 24.3 Å². The number of aliphatic imine (C=N–C) groups is 1. The predicted octanol–water partition coefficient (Wildman–Crippen LogP) is 3.11. The molecule has 0 heterocycles. The Morgan fingerprint density at radius 1 is 1.31 bits per heavy atom. The first kappa shape index (κ1) is 23.9. The Bertz CT molecular complexity index is 706. The van der Waals surface area contributed by atoms with Gasteiger partial charge in [-0.2, -0.15) is 0 Å². The molecule has 1 spiro atoms. The third kappa shape index (κ3) is 5.42. The Morgan fingerprint density at radius 3 is 2.72 bits per heavy atom. The lowest BCUT2D eigenvalue weighted by molar-refractivity contribution is -0.168. The van der Waals surface area contributed by atoms with E-state index in [1.165, 1.54) is 19.3 Å². The summed E-state index contributed by atoms with van der Waals surface area (Å²) >= 11 is 0. The number of guanidine groups is 1. The zero-order valence-electron chi connectivity index (χ0n) is 17.8. The van der Waals surface area contributed by atoms with Crippen LogP contribution >= 0.6 is 24.0 Å². The van der Waals surface area contributed by atoms with Gasteiger partial charge in [0.1, 0.15) is 0 Å². The molecule has 162 valence electrons. The van der Waals surface area contributed by atoms with E-state index in [2.05, 4.69) is 29.8 Å². The van der Waals surface area contributed by atoms with E-state index in [1.54, 1.807) is 7.05 Å². The maximum atomic E-state index is 11.8. The minimum absolute atomic E-state index is 0. The maximum absolute atomic E-state index is 11.8. The SMILES string of the molecule is CCNC(=NCCc1cccc(C(=O)NC)c1)NC1CC(OCC)C12CCC2.I. The highest BCUT2D eigenvalue weighted by Gasteiger charge is 2.59. The molecule has 0 saturated heterocycles. The second kappa shape index (κ2) is 11.2. The summed E-state index contributed by atoms with van der Waals surface area (Å²) in [6.07, 6.45) is 6.07. The lowest BCUT2D eigenvalue weighted by Crippen LogP contribution is -2.68. The first-order valence-electron chi connectivity index (χ1n) is 10.6. The average molecular weight is 514 g/mol. The molecule has 29 heavy (non-hydrogen) atoms. The van der Waals surface area contributed by atoms with Crippen LogP contribution in [0.2, 0.25) is 0 Å².